The highest BCUT2D eigenvalue weighted by molar-refractivity contribution is 6.16. The van der Waals surface area contributed by atoms with Crippen molar-refractivity contribution in [3.63, 3.8) is 0 Å². The minimum absolute atomic E-state index is 0.0267. The van der Waals surface area contributed by atoms with Crippen LogP contribution in [0.25, 0.3) is 0 Å². The van der Waals surface area contributed by atoms with Gasteiger partial charge >= 0.3 is 5.97 Å². The Morgan fingerprint density at radius 2 is 1.71 bits per heavy atom. The Hall–Kier alpha value is -2.18. The van der Waals surface area contributed by atoms with Crippen LogP contribution in [-0.4, -0.2) is 38.0 Å². The molecular formula is C17H20F2O5. The first-order valence-electron chi connectivity index (χ1n) is 7.38. The fourth-order valence-electron chi connectivity index (χ4n) is 2.70. The van der Waals surface area contributed by atoms with E-state index in [0.717, 1.165) is 0 Å². The molecule has 1 aromatic carbocycles. The third-order valence-corrected chi connectivity index (χ3v) is 3.86. The highest BCUT2D eigenvalue weighted by Crippen LogP contribution is 2.46. The second-order valence-corrected chi connectivity index (χ2v) is 6.64. The van der Waals surface area contributed by atoms with Crippen molar-refractivity contribution in [2.24, 2.45) is 5.41 Å². The number of hydrogen-bond donors (Lipinski definition) is 0. The zero-order valence-electron chi connectivity index (χ0n) is 14.2. The minimum atomic E-state index is -3.19. The fourth-order valence-corrected chi connectivity index (χ4v) is 2.70. The van der Waals surface area contributed by atoms with Crippen molar-refractivity contribution in [2.75, 3.05) is 14.2 Å². The Labute approximate surface area is 138 Å². The summed E-state index contributed by atoms with van der Waals surface area (Å²) in [5.41, 5.74) is -3.18. The molecule has 0 fully saturated rings. The topological polar surface area (TPSA) is 61.8 Å². The summed E-state index contributed by atoms with van der Waals surface area (Å²) in [6.45, 7) is 4.67. The van der Waals surface area contributed by atoms with Gasteiger partial charge in [0.25, 0.3) is 6.43 Å². The highest BCUT2D eigenvalue weighted by Gasteiger charge is 2.60. The lowest BCUT2D eigenvalue weighted by atomic mass is 9.84. The molecule has 0 bridgehead atoms. The van der Waals surface area contributed by atoms with Crippen molar-refractivity contribution in [1.82, 2.24) is 0 Å². The van der Waals surface area contributed by atoms with Crippen LogP contribution in [-0.2, 0) is 16.0 Å². The number of methoxy groups -OCH3 is 2. The summed E-state index contributed by atoms with van der Waals surface area (Å²) in [5.74, 6) is -1.64. The second-order valence-electron chi connectivity index (χ2n) is 6.64. The summed E-state index contributed by atoms with van der Waals surface area (Å²) in [5, 5.41) is 0. The Bertz CT molecular complexity index is 678. The van der Waals surface area contributed by atoms with Crippen LogP contribution >= 0.6 is 0 Å². The van der Waals surface area contributed by atoms with Gasteiger partial charge in [-0.25, -0.2) is 8.78 Å². The van der Waals surface area contributed by atoms with Crippen LogP contribution in [0.1, 0.15) is 36.7 Å². The summed E-state index contributed by atoms with van der Waals surface area (Å²) in [4.78, 5) is 25.1. The highest BCUT2D eigenvalue weighted by atomic mass is 19.3. The molecule has 1 aliphatic carbocycles. The first-order chi connectivity index (χ1) is 11.1. The van der Waals surface area contributed by atoms with E-state index in [1.54, 1.807) is 20.8 Å². The Morgan fingerprint density at radius 3 is 2.17 bits per heavy atom. The molecule has 0 aliphatic heterocycles. The van der Waals surface area contributed by atoms with Crippen LogP contribution in [0.4, 0.5) is 8.78 Å². The van der Waals surface area contributed by atoms with E-state index in [1.807, 2.05) is 0 Å². The fraction of sp³-hybridized carbons (Fsp3) is 0.529. The maximum absolute atomic E-state index is 13.8. The molecule has 1 unspecified atom stereocenters. The number of carbonyl (C=O) groups excluding carboxylic acids is 2. The van der Waals surface area contributed by atoms with Gasteiger partial charge in [-0.2, -0.15) is 0 Å². The molecule has 1 aromatic rings. The summed E-state index contributed by atoms with van der Waals surface area (Å²) < 4.78 is 43.0. The predicted octanol–water partition coefficient (Wildman–Crippen LogP) is 3.04. The van der Waals surface area contributed by atoms with E-state index in [1.165, 1.54) is 26.4 Å². The lowest BCUT2D eigenvalue weighted by Gasteiger charge is -2.29. The molecule has 0 saturated heterocycles. The predicted molar refractivity (Wildman–Crippen MR) is 81.9 cm³/mol. The monoisotopic (exact) mass is 342 g/mol. The third-order valence-electron chi connectivity index (χ3n) is 3.86. The average molecular weight is 342 g/mol. The molecule has 0 radical (unpaired) electrons. The van der Waals surface area contributed by atoms with Crippen LogP contribution < -0.4 is 9.47 Å². The smallest absolute Gasteiger partial charge is 0.326 e. The van der Waals surface area contributed by atoms with Gasteiger partial charge in [0.1, 0.15) is 5.60 Å². The molecule has 7 heteroatoms. The van der Waals surface area contributed by atoms with Gasteiger partial charge in [-0.1, -0.05) is 0 Å². The van der Waals surface area contributed by atoms with Gasteiger partial charge in [0.2, 0.25) is 0 Å². The first kappa shape index (κ1) is 18.2. The SMILES string of the molecule is COc1cc2c(cc1OC)C(=O)C(C(=O)OC(C)(C)C)(C(F)F)C2. The number of carbonyl (C=O) groups is 2. The van der Waals surface area contributed by atoms with E-state index in [4.69, 9.17) is 14.2 Å². The van der Waals surface area contributed by atoms with Gasteiger partial charge < -0.3 is 14.2 Å². The number of hydrogen-bond acceptors (Lipinski definition) is 5. The number of ether oxygens (including phenoxy) is 3. The summed E-state index contributed by atoms with van der Waals surface area (Å²) >= 11 is 0. The molecule has 1 aliphatic rings. The van der Waals surface area contributed by atoms with Crippen molar-refractivity contribution < 1.29 is 32.6 Å². The molecule has 0 aromatic heterocycles. The van der Waals surface area contributed by atoms with Gasteiger partial charge in [0, 0.05) is 12.0 Å². The first-order valence-corrected chi connectivity index (χ1v) is 7.38. The van der Waals surface area contributed by atoms with Crippen LogP contribution in [0.3, 0.4) is 0 Å². The number of fused-ring (bicyclic) bond motifs is 1. The zero-order chi connectivity index (χ0) is 18.3. The number of esters is 1. The molecule has 132 valence electrons. The maximum Gasteiger partial charge on any atom is 0.326 e. The standard InChI is InChI=1S/C17H20F2O5/c1-16(2,3)24-15(21)17(14(18)19)8-9-6-11(22-4)12(23-5)7-10(9)13(17)20/h6-7,14H,8H2,1-5H3. The maximum atomic E-state index is 13.8. The van der Waals surface area contributed by atoms with Crippen molar-refractivity contribution in [2.45, 2.75) is 39.2 Å². The zero-order valence-corrected chi connectivity index (χ0v) is 14.2. The van der Waals surface area contributed by atoms with E-state index in [-0.39, 0.29) is 11.3 Å². The molecule has 5 nitrogen and oxygen atoms in total. The normalized spacial score (nSPS) is 20.1. The molecule has 1 atom stereocenters. The number of Topliss-reactive ketones (excluding diaryl/α,β-unsaturated/α-hetero) is 1. The molecule has 0 N–H and O–H groups in total. The molecule has 24 heavy (non-hydrogen) atoms. The van der Waals surface area contributed by atoms with E-state index in [2.05, 4.69) is 0 Å². The van der Waals surface area contributed by atoms with E-state index in [9.17, 15) is 18.4 Å². The number of rotatable bonds is 4. The van der Waals surface area contributed by atoms with E-state index >= 15 is 0 Å². The Kier molecular flexibility index (Phi) is 4.57. The number of ketones is 1. The summed E-state index contributed by atoms with van der Waals surface area (Å²) in [7, 11) is 2.77. The van der Waals surface area contributed by atoms with Crippen molar-refractivity contribution >= 4 is 11.8 Å². The van der Waals surface area contributed by atoms with Crippen LogP contribution in [0.15, 0.2) is 12.1 Å². The molecule has 0 spiro atoms. The number of halogens is 2. The lowest BCUT2D eigenvalue weighted by Crippen LogP contribution is -2.47. The summed E-state index contributed by atoms with van der Waals surface area (Å²) in [6.07, 6.45) is -3.63. The van der Waals surface area contributed by atoms with Crippen LogP contribution in [0, 0.1) is 5.41 Å². The van der Waals surface area contributed by atoms with Gasteiger partial charge in [0.05, 0.1) is 14.2 Å². The van der Waals surface area contributed by atoms with Crippen molar-refractivity contribution in [3.05, 3.63) is 23.3 Å². The largest absolute Gasteiger partial charge is 0.493 e. The van der Waals surface area contributed by atoms with Gasteiger partial charge in [-0.15, -0.1) is 0 Å². The molecule has 0 saturated carbocycles. The van der Waals surface area contributed by atoms with Crippen molar-refractivity contribution in [3.8, 4) is 11.5 Å². The number of alkyl halides is 2. The molecular weight excluding hydrogens is 322 g/mol. The average Bonchev–Trinajstić information content (AvgIpc) is 2.77. The van der Waals surface area contributed by atoms with E-state index in [0.29, 0.717) is 11.3 Å². The lowest BCUT2D eigenvalue weighted by molar-refractivity contribution is -0.171. The Balaban J connectivity index is 2.54. The van der Waals surface area contributed by atoms with E-state index < -0.39 is 35.6 Å². The minimum Gasteiger partial charge on any atom is -0.493 e. The Morgan fingerprint density at radius 1 is 1.17 bits per heavy atom. The molecule has 2 rings (SSSR count). The molecule has 0 amide bonds. The van der Waals surface area contributed by atoms with Crippen LogP contribution in [0.5, 0.6) is 11.5 Å². The number of benzene rings is 1. The van der Waals surface area contributed by atoms with Gasteiger partial charge in [-0.05, 0) is 38.5 Å². The quantitative estimate of drug-likeness (QED) is 0.622. The summed E-state index contributed by atoms with van der Waals surface area (Å²) in [6, 6.07) is 2.77. The van der Waals surface area contributed by atoms with Gasteiger partial charge in [-0.3, -0.25) is 9.59 Å². The van der Waals surface area contributed by atoms with Crippen LogP contribution in [0.2, 0.25) is 0 Å². The second kappa shape index (κ2) is 6.03. The third kappa shape index (κ3) is 2.83. The molecule has 0 heterocycles. The van der Waals surface area contributed by atoms with Gasteiger partial charge in [0.15, 0.2) is 22.7 Å². The van der Waals surface area contributed by atoms with Crippen molar-refractivity contribution in [1.29, 1.82) is 0 Å².